The van der Waals surface area contributed by atoms with Gasteiger partial charge in [-0.25, -0.2) is 4.79 Å². The van der Waals surface area contributed by atoms with Crippen LogP contribution in [0, 0.1) is 0 Å². The number of ether oxygens (including phenoxy) is 1. The first-order valence-electron chi connectivity index (χ1n) is 5.41. The van der Waals surface area contributed by atoms with Crippen LogP contribution in [0.4, 0.5) is 0 Å². The topological polar surface area (TPSA) is 77.2 Å². The highest BCUT2D eigenvalue weighted by Gasteiger charge is 2.16. The fraction of sp³-hybridized carbons (Fsp3) is 0.250. The van der Waals surface area contributed by atoms with Gasteiger partial charge in [-0.2, -0.15) is 4.98 Å². The molecule has 0 fully saturated rings. The lowest BCUT2D eigenvalue weighted by Crippen LogP contribution is -2.05. The third kappa shape index (κ3) is 2.38. The molecule has 6 heteroatoms. The van der Waals surface area contributed by atoms with E-state index in [1.165, 1.54) is 7.11 Å². The molecule has 0 aliphatic rings. The fourth-order valence-electron chi connectivity index (χ4n) is 1.55. The molecule has 0 saturated carbocycles. The van der Waals surface area contributed by atoms with Crippen LogP contribution in [-0.4, -0.2) is 30.3 Å². The van der Waals surface area contributed by atoms with Crippen molar-refractivity contribution in [2.75, 3.05) is 14.2 Å². The number of carbonyl (C=O) groups is 1. The molecule has 0 saturated heterocycles. The van der Waals surface area contributed by atoms with E-state index in [-0.39, 0.29) is 0 Å². The summed E-state index contributed by atoms with van der Waals surface area (Å²) in [6.07, 6.45) is 0. The largest absolute Gasteiger partial charge is 0.465 e. The Labute approximate surface area is 104 Å². The van der Waals surface area contributed by atoms with Gasteiger partial charge in [-0.3, -0.25) is 0 Å². The highest BCUT2D eigenvalue weighted by molar-refractivity contribution is 5.96. The highest BCUT2D eigenvalue weighted by atomic mass is 16.5. The van der Waals surface area contributed by atoms with Crippen molar-refractivity contribution in [2.45, 2.75) is 6.54 Å². The van der Waals surface area contributed by atoms with Gasteiger partial charge in [0.25, 0.3) is 0 Å². The Morgan fingerprint density at radius 2 is 2.22 bits per heavy atom. The van der Waals surface area contributed by atoms with Crippen LogP contribution in [0.15, 0.2) is 28.8 Å². The number of hydrogen-bond donors (Lipinski definition) is 1. The van der Waals surface area contributed by atoms with Gasteiger partial charge >= 0.3 is 5.97 Å². The van der Waals surface area contributed by atoms with Crippen molar-refractivity contribution >= 4 is 5.97 Å². The molecule has 2 rings (SSSR count). The summed E-state index contributed by atoms with van der Waals surface area (Å²) in [7, 11) is 3.12. The van der Waals surface area contributed by atoms with Gasteiger partial charge in [-0.05, 0) is 13.1 Å². The van der Waals surface area contributed by atoms with E-state index in [1.54, 1.807) is 31.3 Å². The maximum atomic E-state index is 11.6. The van der Waals surface area contributed by atoms with Crippen molar-refractivity contribution < 1.29 is 14.1 Å². The number of aromatic nitrogens is 2. The van der Waals surface area contributed by atoms with Crippen molar-refractivity contribution in [2.24, 2.45) is 0 Å². The number of rotatable bonds is 4. The Kier molecular flexibility index (Phi) is 3.69. The molecule has 1 aromatic heterocycles. The second-order valence-corrected chi connectivity index (χ2v) is 3.58. The summed E-state index contributed by atoms with van der Waals surface area (Å²) in [4.78, 5) is 15.8. The Hall–Kier alpha value is -2.21. The van der Waals surface area contributed by atoms with E-state index < -0.39 is 5.97 Å². The van der Waals surface area contributed by atoms with Gasteiger partial charge in [0.2, 0.25) is 11.7 Å². The predicted octanol–water partition coefficient (Wildman–Crippen LogP) is 1.24. The smallest absolute Gasteiger partial charge is 0.338 e. The molecule has 18 heavy (non-hydrogen) atoms. The zero-order valence-corrected chi connectivity index (χ0v) is 10.1. The Morgan fingerprint density at radius 1 is 1.44 bits per heavy atom. The highest BCUT2D eigenvalue weighted by Crippen LogP contribution is 2.21. The molecule has 1 heterocycles. The van der Waals surface area contributed by atoms with Gasteiger partial charge in [0.05, 0.1) is 19.2 Å². The van der Waals surface area contributed by atoms with Crippen molar-refractivity contribution in [3.63, 3.8) is 0 Å². The quantitative estimate of drug-likeness (QED) is 0.819. The lowest BCUT2D eigenvalue weighted by molar-refractivity contribution is 0.0601. The van der Waals surface area contributed by atoms with E-state index >= 15 is 0 Å². The number of hydrogen-bond acceptors (Lipinski definition) is 6. The van der Waals surface area contributed by atoms with Gasteiger partial charge in [-0.1, -0.05) is 23.4 Å². The van der Waals surface area contributed by atoms with Gasteiger partial charge in [0.15, 0.2) is 0 Å². The molecule has 0 amide bonds. The Bertz CT molecular complexity index is 551. The predicted molar refractivity (Wildman–Crippen MR) is 63.8 cm³/mol. The summed E-state index contributed by atoms with van der Waals surface area (Å²) in [6.45, 7) is 0.480. The maximum absolute atomic E-state index is 11.6. The molecule has 0 aliphatic carbocycles. The van der Waals surface area contributed by atoms with Crippen molar-refractivity contribution in [3.8, 4) is 11.4 Å². The zero-order chi connectivity index (χ0) is 13.0. The van der Waals surface area contributed by atoms with Crippen LogP contribution in [0.5, 0.6) is 0 Å². The van der Waals surface area contributed by atoms with E-state index in [9.17, 15) is 4.79 Å². The second kappa shape index (κ2) is 5.42. The lowest BCUT2D eigenvalue weighted by Gasteiger charge is -2.03. The van der Waals surface area contributed by atoms with Gasteiger partial charge in [0.1, 0.15) is 0 Å². The minimum absolute atomic E-state index is 0.376. The Balaban J connectivity index is 2.40. The average Bonchev–Trinajstić information content (AvgIpc) is 2.87. The summed E-state index contributed by atoms with van der Waals surface area (Å²) >= 11 is 0. The first-order valence-corrected chi connectivity index (χ1v) is 5.41. The lowest BCUT2D eigenvalue weighted by atomic mass is 10.1. The SMILES string of the molecule is CNCc1nc(-c2ccccc2C(=O)OC)no1. The minimum Gasteiger partial charge on any atom is -0.465 e. The monoisotopic (exact) mass is 247 g/mol. The number of methoxy groups -OCH3 is 1. The summed E-state index contributed by atoms with van der Waals surface area (Å²) in [5, 5.41) is 6.76. The molecule has 94 valence electrons. The van der Waals surface area contributed by atoms with E-state index in [0.29, 0.717) is 29.4 Å². The van der Waals surface area contributed by atoms with Crippen LogP contribution in [0.25, 0.3) is 11.4 Å². The average molecular weight is 247 g/mol. The summed E-state index contributed by atoms with van der Waals surface area (Å²) in [5.74, 6) is 0.416. The van der Waals surface area contributed by atoms with Crippen molar-refractivity contribution in [1.82, 2.24) is 15.5 Å². The molecular weight excluding hydrogens is 234 g/mol. The molecule has 0 unspecified atom stereocenters. The molecular formula is C12H13N3O3. The molecule has 0 atom stereocenters. The first-order chi connectivity index (χ1) is 8.76. The number of carbonyl (C=O) groups excluding carboxylic acids is 1. The number of nitrogens with zero attached hydrogens (tertiary/aromatic N) is 2. The third-order valence-electron chi connectivity index (χ3n) is 2.37. The molecule has 0 spiro atoms. The summed E-state index contributed by atoms with van der Waals surface area (Å²) < 4.78 is 9.77. The molecule has 0 aliphatic heterocycles. The molecule has 6 nitrogen and oxygen atoms in total. The molecule has 0 bridgehead atoms. The van der Waals surface area contributed by atoms with Gasteiger partial charge in [-0.15, -0.1) is 0 Å². The van der Waals surface area contributed by atoms with E-state index in [0.717, 1.165) is 0 Å². The fourth-order valence-corrected chi connectivity index (χ4v) is 1.55. The van der Waals surface area contributed by atoms with Crippen LogP contribution >= 0.6 is 0 Å². The van der Waals surface area contributed by atoms with E-state index in [2.05, 4.69) is 15.5 Å². The number of nitrogens with one attached hydrogen (secondary N) is 1. The normalized spacial score (nSPS) is 10.3. The Morgan fingerprint density at radius 3 is 2.94 bits per heavy atom. The molecule has 1 N–H and O–H groups in total. The summed E-state index contributed by atoms with van der Waals surface area (Å²) in [5.41, 5.74) is 1.01. The van der Waals surface area contributed by atoms with E-state index in [4.69, 9.17) is 9.26 Å². The maximum Gasteiger partial charge on any atom is 0.338 e. The van der Waals surface area contributed by atoms with Crippen LogP contribution in [0.3, 0.4) is 0 Å². The van der Waals surface area contributed by atoms with Gasteiger partial charge in [0, 0.05) is 5.56 Å². The third-order valence-corrected chi connectivity index (χ3v) is 2.37. The van der Waals surface area contributed by atoms with E-state index in [1.807, 2.05) is 0 Å². The van der Waals surface area contributed by atoms with Crippen molar-refractivity contribution in [3.05, 3.63) is 35.7 Å². The first kappa shape index (κ1) is 12.3. The second-order valence-electron chi connectivity index (χ2n) is 3.58. The standard InChI is InChI=1S/C12H13N3O3/c1-13-7-10-14-11(15-18-10)8-5-3-4-6-9(8)12(16)17-2/h3-6,13H,7H2,1-2H3. The number of esters is 1. The number of benzene rings is 1. The van der Waals surface area contributed by atoms with Crippen LogP contribution in [-0.2, 0) is 11.3 Å². The molecule has 1 aromatic carbocycles. The zero-order valence-electron chi connectivity index (χ0n) is 10.1. The minimum atomic E-state index is -0.425. The van der Waals surface area contributed by atoms with Crippen molar-refractivity contribution in [1.29, 1.82) is 0 Å². The van der Waals surface area contributed by atoms with Crippen LogP contribution in [0.2, 0.25) is 0 Å². The summed E-state index contributed by atoms with van der Waals surface area (Å²) in [6, 6.07) is 6.97. The van der Waals surface area contributed by atoms with Crippen LogP contribution < -0.4 is 5.32 Å². The van der Waals surface area contributed by atoms with Gasteiger partial charge < -0.3 is 14.6 Å². The molecule has 0 radical (unpaired) electrons. The molecule has 2 aromatic rings. The van der Waals surface area contributed by atoms with Crippen LogP contribution in [0.1, 0.15) is 16.2 Å².